The summed E-state index contributed by atoms with van der Waals surface area (Å²) < 4.78 is 0. The van der Waals surface area contributed by atoms with Crippen molar-refractivity contribution < 1.29 is 5.11 Å². The highest BCUT2D eigenvalue weighted by atomic mass is 16.3. The zero-order valence-electron chi connectivity index (χ0n) is 11.4. The van der Waals surface area contributed by atoms with Gasteiger partial charge in [0.2, 0.25) is 0 Å². The van der Waals surface area contributed by atoms with Crippen LogP contribution in [0.1, 0.15) is 59.8 Å². The van der Waals surface area contributed by atoms with E-state index in [0.29, 0.717) is 0 Å². The molecular formula is C14H29NO. The summed E-state index contributed by atoms with van der Waals surface area (Å²) in [6, 6.07) is 0. The molecule has 96 valence electrons. The van der Waals surface area contributed by atoms with E-state index in [9.17, 15) is 5.11 Å². The summed E-state index contributed by atoms with van der Waals surface area (Å²) in [5, 5.41) is 9.27. The first-order chi connectivity index (χ1) is 7.32. The lowest BCUT2D eigenvalue weighted by atomic mass is 9.59. The first-order valence-corrected chi connectivity index (χ1v) is 6.72. The lowest BCUT2D eigenvalue weighted by Gasteiger charge is -2.49. The van der Waals surface area contributed by atoms with Crippen LogP contribution in [0.4, 0.5) is 0 Å². The molecule has 0 aromatic heterocycles. The second-order valence-electron chi connectivity index (χ2n) is 6.56. The Morgan fingerprint density at radius 1 is 1.31 bits per heavy atom. The molecule has 0 unspecified atom stereocenters. The van der Waals surface area contributed by atoms with E-state index in [1.165, 1.54) is 25.7 Å². The van der Waals surface area contributed by atoms with E-state index in [1.807, 2.05) is 0 Å². The molecule has 0 heterocycles. The van der Waals surface area contributed by atoms with Crippen LogP contribution in [0.5, 0.6) is 0 Å². The number of aliphatic hydroxyl groups excluding tert-OH is 1. The van der Waals surface area contributed by atoms with Crippen molar-refractivity contribution in [2.75, 3.05) is 6.61 Å². The maximum absolute atomic E-state index is 9.27. The molecule has 1 saturated carbocycles. The average molecular weight is 227 g/mol. The molecule has 3 N–H and O–H groups in total. The highest BCUT2D eigenvalue weighted by Crippen LogP contribution is 2.49. The summed E-state index contributed by atoms with van der Waals surface area (Å²) in [5.41, 5.74) is 6.33. The van der Waals surface area contributed by atoms with Gasteiger partial charge < -0.3 is 10.8 Å². The topological polar surface area (TPSA) is 46.2 Å². The summed E-state index contributed by atoms with van der Waals surface area (Å²) in [7, 11) is 0. The Morgan fingerprint density at radius 3 is 2.12 bits per heavy atom. The summed E-state index contributed by atoms with van der Waals surface area (Å²) >= 11 is 0. The normalized spacial score (nSPS) is 32.1. The van der Waals surface area contributed by atoms with Crippen LogP contribution < -0.4 is 5.73 Å². The summed E-state index contributed by atoms with van der Waals surface area (Å²) in [5.74, 6) is 1.64. The molecule has 0 aliphatic heterocycles. The molecule has 2 heteroatoms. The Bertz CT molecular complexity index is 209. The fourth-order valence-corrected chi connectivity index (χ4v) is 3.29. The van der Waals surface area contributed by atoms with Crippen LogP contribution in [0.25, 0.3) is 0 Å². The molecule has 0 amide bonds. The lowest BCUT2D eigenvalue weighted by molar-refractivity contribution is 0.0304. The minimum atomic E-state index is -0.169. The van der Waals surface area contributed by atoms with Crippen molar-refractivity contribution >= 4 is 0 Å². The molecule has 0 bridgehead atoms. The van der Waals surface area contributed by atoms with Gasteiger partial charge in [-0.15, -0.1) is 0 Å². The Labute approximate surface area is 101 Å². The Kier molecular flexibility index (Phi) is 4.42. The van der Waals surface area contributed by atoms with Crippen LogP contribution in [0.15, 0.2) is 0 Å². The molecule has 2 nitrogen and oxygen atoms in total. The van der Waals surface area contributed by atoms with Gasteiger partial charge in [-0.05, 0) is 63.2 Å². The molecule has 0 radical (unpaired) electrons. The van der Waals surface area contributed by atoms with Crippen molar-refractivity contribution in [2.45, 2.75) is 65.3 Å². The zero-order chi connectivity index (χ0) is 12.4. The van der Waals surface area contributed by atoms with Crippen molar-refractivity contribution in [3.8, 4) is 0 Å². The van der Waals surface area contributed by atoms with Crippen molar-refractivity contribution in [2.24, 2.45) is 23.0 Å². The van der Waals surface area contributed by atoms with E-state index in [-0.39, 0.29) is 17.6 Å². The predicted molar refractivity (Wildman–Crippen MR) is 69.2 cm³/mol. The van der Waals surface area contributed by atoms with Gasteiger partial charge in [-0.3, -0.25) is 0 Å². The van der Waals surface area contributed by atoms with E-state index in [2.05, 4.69) is 27.7 Å². The molecule has 1 rings (SSSR count). The third-order valence-corrected chi connectivity index (χ3v) is 4.89. The van der Waals surface area contributed by atoms with E-state index >= 15 is 0 Å². The van der Waals surface area contributed by atoms with Gasteiger partial charge in [-0.1, -0.05) is 13.8 Å². The van der Waals surface area contributed by atoms with Crippen molar-refractivity contribution in [1.29, 1.82) is 0 Å². The molecule has 1 aliphatic carbocycles. The smallest absolute Gasteiger partial charge is 0.0437 e. The fourth-order valence-electron chi connectivity index (χ4n) is 3.29. The lowest BCUT2D eigenvalue weighted by Crippen LogP contribution is -2.53. The third kappa shape index (κ3) is 2.78. The predicted octanol–water partition coefficient (Wildman–Crippen LogP) is 2.94. The largest absolute Gasteiger partial charge is 0.396 e. The van der Waals surface area contributed by atoms with Crippen molar-refractivity contribution in [3.05, 3.63) is 0 Å². The van der Waals surface area contributed by atoms with Crippen LogP contribution in [0.2, 0.25) is 0 Å². The molecule has 0 saturated heterocycles. The van der Waals surface area contributed by atoms with Gasteiger partial charge in [0.25, 0.3) is 0 Å². The van der Waals surface area contributed by atoms with Crippen LogP contribution in [-0.2, 0) is 0 Å². The average Bonchev–Trinajstić information content (AvgIpc) is 2.17. The van der Waals surface area contributed by atoms with E-state index in [0.717, 1.165) is 18.3 Å². The van der Waals surface area contributed by atoms with Crippen LogP contribution in [0, 0.1) is 17.3 Å². The van der Waals surface area contributed by atoms with Crippen LogP contribution >= 0.6 is 0 Å². The minimum absolute atomic E-state index is 0.160. The number of hydrogen-bond donors (Lipinski definition) is 2. The van der Waals surface area contributed by atoms with E-state index in [1.54, 1.807) is 0 Å². The maximum Gasteiger partial charge on any atom is 0.0437 e. The summed E-state index contributed by atoms with van der Waals surface area (Å²) in [4.78, 5) is 0. The third-order valence-electron chi connectivity index (χ3n) is 4.89. The maximum atomic E-state index is 9.27. The minimum Gasteiger partial charge on any atom is -0.396 e. The van der Waals surface area contributed by atoms with Crippen LogP contribution in [0.3, 0.4) is 0 Å². The van der Waals surface area contributed by atoms with Gasteiger partial charge >= 0.3 is 0 Å². The van der Waals surface area contributed by atoms with Gasteiger partial charge in [0.05, 0.1) is 0 Å². The van der Waals surface area contributed by atoms with Crippen LogP contribution in [-0.4, -0.2) is 17.3 Å². The number of aliphatic hydroxyl groups is 1. The highest BCUT2D eigenvalue weighted by molar-refractivity contribution is 4.99. The van der Waals surface area contributed by atoms with Gasteiger partial charge in [0, 0.05) is 12.1 Å². The second kappa shape index (κ2) is 5.05. The molecule has 0 spiro atoms. The Morgan fingerprint density at radius 2 is 1.81 bits per heavy atom. The first kappa shape index (κ1) is 14.0. The molecule has 0 aromatic rings. The first-order valence-electron chi connectivity index (χ1n) is 6.72. The van der Waals surface area contributed by atoms with E-state index < -0.39 is 0 Å². The quantitative estimate of drug-likeness (QED) is 0.775. The molecular weight excluding hydrogens is 198 g/mol. The second-order valence-corrected chi connectivity index (χ2v) is 6.56. The van der Waals surface area contributed by atoms with Gasteiger partial charge in [0.1, 0.15) is 0 Å². The van der Waals surface area contributed by atoms with Gasteiger partial charge in [-0.2, -0.15) is 0 Å². The summed E-state index contributed by atoms with van der Waals surface area (Å²) in [6.45, 7) is 9.15. The SMILES string of the molecule is CC(C)C1CCC(CCO)(C(C)(C)N)CC1. The van der Waals surface area contributed by atoms with Crippen molar-refractivity contribution in [3.63, 3.8) is 0 Å². The van der Waals surface area contributed by atoms with Gasteiger partial charge in [0.15, 0.2) is 0 Å². The Balaban J connectivity index is 2.70. The summed E-state index contributed by atoms with van der Waals surface area (Å²) in [6.07, 6.45) is 5.78. The van der Waals surface area contributed by atoms with Crippen molar-refractivity contribution in [1.82, 2.24) is 0 Å². The van der Waals surface area contributed by atoms with Gasteiger partial charge in [-0.25, -0.2) is 0 Å². The number of rotatable bonds is 4. The van der Waals surface area contributed by atoms with E-state index in [4.69, 9.17) is 5.73 Å². The number of hydrogen-bond acceptors (Lipinski definition) is 2. The monoisotopic (exact) mass is 227 g/mol. The molecule has 0 aromatic carbocycles. The molecule has 16 heavy (non-hydrogen) atoms. The Hall–Kier alpha value is -0.0800. The molecule has 1 aliphatic rings. The molecule has 1 fully saturated rings. The fraction of sp³-hybridized carbons (Fsp3) is 1.00. The number of nitrogens with two attached hydrogens (primary N) is 1. The zero-order valence-corrected chi connectivity index (χ0v) is 11.4. The molecule has 0 atom stereocenters. The highest BCUT2D eigenvalue weighted by Gasteiger charge is 2.44. The standard InChI is InChI=1S/C14H29NO/c1-11(2)12-5-7-14(8-6-12,9-10-16)13(3,4)15/h11-12,16H,5-10,15H2,1-4H3.